The standard InChI is InChI=1S/C21H21NO5/c1-13-10-21(24)27-19-11-15(8-9-16(13)19)26-12-20(23)22-14(2)17-6-4-5-7-18(17)25-3/h4-11,14H,12H2,1-3H3,(H,22,23). The van der Waals surface area contributed by atoms with Gasteiger partial charge in [-0.1, -0.05) is 18.2 Å². The summed E-state index contributed by atoms with van der Waals surface area (Å²) < 4.78 is 16.1. The van der Waals surface area contributed by atoms with Crippen molar-refractivity contribution >= 4 is 16.9 Å². The molecular weight excluding hydrogens is 346 g/mol. The Morgan fingerprint density at radius 1 is 1.19 bits per heavy atom. The van der Waals surface area contributed by atoms with E-state index in [4.69, 9.17) is 13.9 Å². The highest BCUT2D eigenvalue weighted by molar-refractivity contribution is 5.82. The number of aryl methyl sites for hydroxylation is 1. The summed E-state index contributed by atoms with van der Waals surface area (Å²) >= 11 is 0. The van der Waals surface area contributed by atoms with Gasteiger partial charge in [-0.3, -0.25) is 4.79 Å². The summed E-state index contributed by atoms with van der Waals surface area (Å²) in [6, 6.07) is 13.9. The van der Waals surface area contributed by atoms with Gasteiger partial charge in [0.05, 0.1) is 13.2 Å². The lowest BCUT2D eigenvalue weighted by Gasteiger charge is -2.17. The fourth-order valence-corrected chi connectivity index (χ4v) is 2.93. The van der Waals surface area contributed by atoms with Crippen LogP contribution in [0.1, 0.15) is 24.1 Å². The van der Waals surface area contributed by atoms with Crippen molar-refractivity contribution in [1.82, 2.24) is 5.32 Å². The Morgan fingerprint density at radius 3 is 2.74 bits per heavy atom. The van der Waals surface area contributed by atoms with Gasteiger partial charge in [-0.05, 0) is 37.6 Å². The molecule has 3 rings (SSSR count). The summed E-state index contributed by atoms with van der Waals surface area (Å²) in [6.45, 7) is 3.57. The fraction of sp³-hybridized carbons (Fsp3) is 0.238. The zero-order valence-electron chi connectivity index (χ0n) is 15.4. The van der Waals surface area contributed by atoms with Crippen LogP contribution >= 0.6 is 0 Å². The van der Waals surface area contributed by atoms with E-state index in [0.29, 0.717) is 17.1 Å². The molecule has 0 fully saturated rings. The SMILES string of the molecule is COc1ccccc1C(C)NC(=O)COc1ccc2c(C)cc(=O)oc2c1. The Balaban J connectivity index is 1.65. The molecule has 1 heterocycles. The van der Waals surface area contributed by atoms with Crippen LogP contribution < -0.4 is 20.4 Å². The molecule has 0 aliphatic carbocycles. The number of amides is 1. The number of carbonyl (C=O) groups is 1. The normalized spacial score (nSPS) is 11.8. The lowest BCUT2D eigenvalue weighted by Crippen LogP contribution is -2.31. The molecule has 140 valence electrons. The van der Waals surface area contributed by atoms with E-state index in [1.165, 1.54) is 6.07 Å². The first-order valence-electron chi connectivity index (χ1n) is 8.57. The Kier molecular flexibility index (Phi) is 5.45. The highest BCUT2D eigenvalue weighted by Crippen LogP contribution is 2.24. The Morgan fingerprint density at radius 2 is 1.96 bits per heavy atom. The minimum absolute atomic E-state index is 0.152. The number of nitrogens with one attached hydrogen (secondary N) is 1. The molecule has 27 heavy (non-hydrogen) atoms. The third kappa shape index (κ3) is 4.28. The molecule has 0 bridgehead atoms. The van der Waals surface area contributed by atoms with Gasteiger partial charge in [0.15, 0.2) is 6.61 Å². The maximum absolute atomic E-state index is 12.2. The van der Waals surface area contributed by atoms with Gasteiger partial charge in [0.2, 0.25) is 0 Å². The molecule has 6 nitrogen and oxygen atoms in total. The number of rotatable bonds is 6. The van der Waals surface area contributed by atoms with Crippen LogP contribution in [0.25, 0.3) is 11.0 Å². The molecule has 0 saturated carbocycles. The third-order valence-electron chi connectivity index (χ3n) is 4.28. The maximum atomic E-state index is 12.2. The van der Waals surface area contributed by atoms with E-state index in [9.17, 15) is 9.59 Å². The molecule has 1 unspecified atom stereocenters. The van der Waals surface area contributed by atoms with Gasteiger partial charge in [0.25, 0.3) is 5.91 Å². The van der Waals surface area contributed by atoms with Crippen molar-refractivity contribution in [3.8, 4) is 11.5 Å². The number of hydrogen-bond donors (Lipinski definition) is 1. The summed E-state index contributed by atoms with van der Waals surface area (Å²) in [5, 5.41) is 3.71. The number of methoxy groups -OCH3 is 1. The van der Waals surface area contributed by atoms with Gasteiger partial charge in [0, 0.05) is 23.1 Å². The van der Waals surface area contributed by atoms with Crippen molar-refractivity contribution in [2.75, 3.05) is 13.7 Å². The van der Waals surface area contributed by atoms with Crippen molar-refractivity contribution in [3.63, 3.8) is 0 Å². The van der Waals surface area contributed by atoms with Crippen LogP contribution in [-0.2, 0) is 4.79 Å². The van der Waals surface area contributed by atoms with Crippen LogP contribution in [-0.4, -0.2) is 19.6 Å². The van der Waals surface area contributed by atoms with Gasteiger partial charge < -0.3 is 19.2 Å². The second-order valence-electron chi connectivity index (χ2n) is 6.23. The summed E-state index contributed by atoms with van der Waals surface area (Å²) in [6.07, 6.45) is 0. The summed E-state index contributed by atoms with van der Waals surface area (Å²) in [4.78, 5) is 23.7. The van der Waals surface area contributed by atoms with Gasteiger partial charge in [-0.25, -0.2) is 4.79 Å². The molecule has 6 heteroatoms. The van der Waals surface area contributed by atoms with Crippen LogP contribution in [0.2, 0.25) is 0 Å². The quantitative estimate of drug-likeness (QED) is 0.676. The van der Waals surface area contributed by atoms with Gasteiger partial charge >= 0.3 is 5.63 Å². The van der Waals surface area contributed by atoms with Gasteiger partial charge in [0.1, 0.15) is 17.1 Å². The number of fused-ring (bicyclic) bond motifs is 1. The monoisotopic (exact) mass is 367 g/mol. The number of hydrogen-bond acceptors (Lipinski definition) is 5. The molecule has 0 saturated heterocycles. The fourth-order valence-electron chi connectivity index (χ4n) is 2.93. The van der Waals surface area contributed by atoms with Crippen LogP contribution in [0.4, 0.5) is 0 Å². The van der Waals surface area contributed by atoms with E-state index in [0.717, 1.165) is 16.5 Å². The highest BCUT2D eigenvalue weighted by atomic mass is 16.5. The van der Waals surface area contributed by atoms with Crippen LogP contribution in [0.15, 0.2) is 57.7 Å². The van der Waals surface area contributed by atoms with Gasteiger partial charge in [-0.15, -0.1) is 0 Å². The number of carbonyl (C=O) groups excluding carboxylic acids is 1. The topological polar surface area (TPSA) is 77.8 Å². The van der Waals surface area contributed by atoms with Crippen molar-refractivity contribution in [3.05, 3.63) is 70.1 Å². The van der Waals surface area contributed by atoms with Crippen molar-refractivity contribution in [2.24, 2.45) is 0 Å². The van der Waals surface area contributed by atoms with E-state index in [1.54, 1.807) is 25.3 Å². The Labute approximate surface area is 156 Å². The first-order valence-corrected chi connectivity index (χ1v) is 8.57. The molecule has 1 atom stereocenters. The maximum Gasteiger partial charge on any atom is 0.336 e. The summed E-state index contributed by atoms with van der Waals surface area (Å²) in [7, 11) is 1.59. The van der Waals surface area contributed by atoms with E-state index >= 15 is 0 Å². The van der Waals surface area contributed by atoms with E-state index < -0.39 is 5.63 Å². The van der Waals surface area contributed by atoms with Crippen LogP contribution in [0.3, 0.4) is 0 Å². The summed E-state index contributed by atoms with van der Waals surface area (Å²) in [5.74, 6) is 0.904. The Bertz CT molecular complexity index is 1020. The third-order valence-corrected chi connectivity index (χ3v) is 4.28. The van der Waals surface area contributed by atoms with Crippen molar-refractivity contribution in [2.45, 2.75) is 19.9 Å². The predicted molar refractivity (Wildman–Crippen MR) is 102 cm³/mol. The second-order valence-corrected chi connectivity index (χ2v) is 6.23. The molecular formula is C21H21NO5. The van der Waals surface area contributed by atoms with Crippen LogP contribution in [0.5, 0.6) is 11.5 Å². The van der Waals surface area contributed by atoms with Crippen LogP contribution in [0, 0.1) is 6.92 Å². The molecule has 2 aromatic carbocycles. The number of benzene rings is 2. The minimum atomic E-state index is -0.416. The molecule has 3 aromatic rings. The minimum Gasteiger partial charge on any atom is -0.496 e. The predicted octanol–water partition coefficient (Wildman–Crippen LogP) is 3.37. The van der Waals surface area contributed by atoms with Crippen molar-refractivity contribution in [1.29, 1.82) is 0 Å². The molecule has 1 N–H and O–H groups in total. The molecule has 0 aliphatic rings. The van der Waals surface area contributed by atoms with Gasteiger partial charge in [-0.2, -0.15) is 0 Å². The summed E-state index contributed by atoms with van der Waals surface area (Å²) in [5.41, 5.74) is 1.73. The average Bonchev–Trinajstić information content (AvgIpc) is 2.65. The first kappa shape index (κ1) is 18.5. The lowest BCUT2D eigenvalue weighted by atomic mass is 10.1. The smallest absolute Gasteiger partial charge is 0.336 e. The molecule has 0 radical (unpaired) electrons. The lowest BCUT2D eigenvalue weighted by molar-refractivity contribution is -0.123. The van der Waals surface area contributed by atoms with E-state index in [1.807, 2.05) is 38.1 Å². The molecule has 0 aliphatic heterocycles. The second kappa shape index (κ2) is 7.95. The highest BCUT2D eigenvalue weighted by Gasteiger charge is 2.14. The largest absolute Gasteiger partial charge is 0.496 e. The average molecular weight is 367 g/mol. The molecule has 1 aromatic heterocycles. The number of para-hydroxylation sites is 1. The Hall–Kier alpha value is -3.28. The first-order chi connectivity index (χ1) is 13.0. The molecule has 1 amide bonds. The molecule has 0 spiro atoms. The van der Waals surface area contributed by atoms with Crippen molar-refractivity contribution < 1.29 is 18.7 Å². The van der Waals surface area contributed by atoms with E-state index in [2.05, 4.69) is 5.32 Å². The zero-order chi connectivity index (χ0) is 19.4. The van der Waals surface area contributed by atoms with E-state index in [-0.39, 0.29) is 18.6 Å². The number of ether oxygens (including phenoxy) is 2. The zero-order valence-corrected chi connectivity index (χ0v) is 15.4.